The maximum Gasteiger partial charge on any atom is 0.335 e. The van der Waals surface area contributed by atoms with Crippen molar-refractivity contribution in [1.82, 2.24) is 0 Å². The van der Waals surface area contributed by atoms with E-state index >= 15 is 0 Å². The minimum Gasteiger partial charge on any atom is -0.493 e. The smallest absolute Gasteiger partial charge is 0.335 e. The molecule has 1 aliphatic carbocycles. The fourth-order valence-electron chi connectivity index (χ4n) is 2.04. The molecule has 1 fully saturated rings. The molecule has 17 heavy (non-hydrogen) atoms. The standard InChI is InChI=1S/C14H18O3/c1-9-7-12(14(15)16)8-10(2)13(9)17-6-5-11-3-4-11/h7-8,11H,3-6H2,1-2H3,(H,15,16). The third kappa shape index (κ3) is 2.99. The first-order valence-electron chi connectivity index (χ1n) is 6.05. The van der Waals surface area contributed by atoms with E-state index in [2.05, 4.69) is 0 Å². The summed E-state index contributed by atoms with van der Waals surface area (Å²) in [6.07, 6.45) is 3.78. The molecule has 92 valence electrons. The van der Waals surface area contributed by atoms with Crippen LogP contribution in [0.5, 0.6) is 5.75 Å². The molecule has 0 unspecified atom stereocenters. The molecule has 0 radical (unpaired) electrons. The molecule has 0 aliphatic heterocycles. The van der Waals surface area contributed by atoms with E-state index in [0.29, 0.717) is 5.56 Å². The quantitative estimate of drug-likeness (QED) is 0.851. The number of aromatic carboxylic acids is 1. The summed E-state index contributed by atoms with van der Waals surface area (Å²) < 4.78 is 5.76. The zero-order valence-corrected chi connectivity index (χ0v) is 10.3. The van der Waals surface area contributed by atoms with Gasteiger partial charge in [-0.1, -0.05) is 12.8 Å². The Morgan fingerprint density at radius 1 is 1.35 bits per heavy atom. The Kier molecular flexibility index (Phi) is 3.36. The summed E-state index contributed by atoms with van der Waals surface area (Å²) in [5.74, 6) is 0.810. The molecule has 0 spiro atoms. The average molecular weight is 234 g/mol. The maximum atomic E-state index is 10.9. The van der Waals surface area contributed by atoms with Crippen LogP contribution in [-0.2, 0) is 0 Å². The summed E-state index contributed by atoms with van der Waals surface area (Å²) in [5, 5.41) is 8.94. The van der Waals surface area contributed by atoms with Gasteiger partial charge in [-0.25, -0.2) is 4.79 Å². The highest BCUT2D eigenvalue weighted by Gasteiger charge is 2.21. The Bertz CT molecular complexity index is 410. The number of hydrogen-bond donors (Lipinski definition) is 1. The Hall–Kier alpha value is -1.51. The van der Waals surface area contributed by atoms with Gasteiger partial charge in [0, 0.05) is 0 Å². The Morgan fingerprint density at radius 3 is 2.41 bits per heavy atom. The molecule has 0 heterocycles. The SMILES string of the molecule is Cc1cc(C(=O)O)cc(C)c1OCCC1CC1. The first-order chi connectivity index (χ1) is 8.08. The summed E-state index contributed by atoms with van der Waals surface area (Å²) in [5.41, 5.74) is 2.13. The molecule has 2 rings (SSSR count). The lowest BCUT2D eigenvalue weighted by Crippen LogP contribution is -2.04. The fourth-order valence-corrected chi connectivity index (χ4v) is 2.04. The van der Waals surface area contributed by atoms with Gasteiger partial charge in [0.05, 0.1) is 12.2 Å². The van der Waals surface area contributed by atoms with Gasteiger partial charge in [0.25, 0.3) is 0 Å². The van der Waals surface area contributed by atoms with Gasteiger partial charge in [-0.15, -0.1) is 0 Å². The van der Waals surface area contributed by atoms with Crippen LogP contribution in [0.1, 0.15) is 40.7 Å². The van der Waals surface area contributed by atoms with Crippen LogP contribution in [0.3, 0.4) is 0 Å². The molecular weight excluding hydrogens is 216 g/mol. The third-order valence-corrected chi connectivity index (χ3v) is 3.18. The highest BCUT2D eigenvalue weighted by atomic mass is 16.5. The van der Waals surface area contributed by atoms with Crippen LogP contribution in [0, 0.1) is 19.8 Å². The number of benzene rings is 1. The molecule has 0 amide bonds. The molecule has 1 aromatic rings. The summed E-state index contributed by atoms with van der Waals surface area (Å²) >= 11 is 0. The van der Waals surface area contributed by atoms with Crippen molar-refractivity contribution in [2.75, 3.05) is 6.61 Å². The van der Waals surface area contributed by atoms with Gasteiger partial charge in [0.1, 0.15) is 5.75 Å². The van der Waals surface area contributed by atoms with Gasteiger partial charge < -0.3 is 9.84 Å². The molecule has 0 atom stereocenters. The second kappa shape index (κ2) is 4.78. The minimum absolute atomic E-state index is 0.328. The topological polar surface area (TPSA) is 46.5 Å². The molecular formula is C14H18O3. The molecule has 3 heteroatoms. The molecule has 0 saturated heterocycles. The monoisotopic (exact) mass is 234 g/mol. The van der Waals surface area contributed by atoms with E-state index in [1.165, 1.54) is 12.8 Å². The molecule has 1 N–H and O–H groups in total. The second-order valence-corrected chi connectivity index (χ2v) is 4.82. The van der Waals surface area contributed by atoms with Gasteiger partial charge in [-0.05, 0) is 49.4 Å². The Balaban J connectivity index is 2.07. The number of aryl methyl sites for hydroxylation is 2. The van der Waals surface area contributed by atoms with Crippen molar-refractivity contribution in [1.29, 1.82) is 0 Å². The number of carboxylic acid groups (broad SMARTS) is 1. The number of carboxylic acids is 1. The summed E-state index contributed by atoms with van der Waals surface area (Å²) in [4.78, 5) is 10.9. The third-order valence-electron chi connectivity index (χ3n) is 3.18. The van der Waals surface area contributed by atoms with Gasteiger partial charge in [0.15, 0.2) is 0 Å². The lowest BCUT2D eigenvalue weighted by atomic mass is 10.1. The van der Waals surface area contributed by atoms with Crippen molar-refractivity contribution in [3.8, 4) is 5.75 Å². The number of hydrogen-bond acceptors (Lipinski definition) is 2. The van der Waals surface area contributed by atoms with E-state index in [0.717, 1.165) is 35.8 Å². The zero-order valence-electron chi connectivity index (χ0n) is 10.3. The molecule has 0 bridgehead atoms. The van der Waals surface area contributed by atoms with Crippen molar-refractivity contribution < 1.29 is 14.6 Å². The van der Waals surface area contributed by atoms with E-state index in [-0.39, 0.29) is 0 Å². The molecule has 1 aliphatic rings. The van der Waals surface area contributed by atoms with Crippen LogP contribution in [0.4, 0.5) is 0 Å². The van der Waals surface area contributed by atoms with Gasteiger partial charge in [-0.2, -0.15) is 0 Å². The lowest BCUT2D eigenvalue weighted by molar-refractivity contribution is 0.0696. The zero-order chi connectivity index (χ0) is 12.4. The molecule has 1 aromatic carbocycles. The average Bonchev–Trinajstić information content (AvgIpc) is 3.05. The van der Waals surface area contributed by atoms with E-state index < -0.39 is 5.97 Å². The largest absolute Gasteiger partial charge is 0.493 e. The summed E-state index contributed by atoms with van der Waals surface area (Å²) in [6, 6.07) is 3.34. The fraction of sp³-hybridized carbons (Fsp3) is 0.500. The van der Waals surface area contributed by atoms with Crippen LogP contribution in [-0.4, -0.2) is 17.7 Å². The van der Waals surface area contributed by atoms with Crippen LogP contribution < -0.4 is 4.74 Å². The molecule has 0 aromatic heterocycles. The predicted molar refractivity (Wildman–Crippen MR) is 65.7 cm³/mol. The van der Waals surface area contributed by atoms with Crippen LogP contribution in [0.25, 0.3) is 0 Å². The van der Waals surface area contributed by atoms with E-state index in [9.17, 15) is 4.79 Å². The number of ether oxygens (including phenoxy) is 1. The first kappa shape index (κ1) is 12.0. The van der Waals surface area contributed by atoms with Gasteiger partial charge in [-0.3, -0.25) is 0 Å². The van der Waals surface area contributed by atoms with Crippen molar-refractivity contribution in [3.05, 3.63) is 28.8 Å². The van der Waals surface area contributed by atoms with Crippen molar-refractivity contribution in [2.24, 2.45) is 5.92 Å². The summed E-state index contributed by atoms with van der Waals surface area (Å²) in [7, 11) is 0. The van der Waals surface area contributed by atoms with Crippen molar-refractivity contribution in [3.63, 3.8) is 0 Å². The number of rotatable bonds is 5. The normalized spacial score (nSPS) is 14.7. The van der Waals surface area contributed by atoms with Gasteiger partial charge in [0.2, 0.25) is 0 Å². The van der Waals surface area contributed by atoms with Crippen LogP contribution >= 0.6 is 0 Å². The van der Waals surface area contributed by atoms with E-state index in [1.807, 2.05) is 13.8 Å². The first-order valence-corrected chi connectivity index (χ1v) is 6.05. The minimum atomic E-state index is -0.888. The van der Waals surface area contributed by atoms with Gasteiger partial charge >= 0.3 is 5.97 Å². The highest BCUT2D eigenvalue weighted by Crippen LogP contribution is 2.33. The van der Waals surface area contributed by atoms with E-state index in [4.69, 9.17) is 9.84 Å². The molecule has 1 saturated carbocycles. The highest BCUT2D eigenvalue weighted by molar-refractivity contribution is 5.88. The van der Waals surface area contributed by atoms with E-state index in [1.54, 1.807) is 12.1 Å². The Labute approximate surface area is 101 Å². The van der Waals surface area contributed by atoms with Crippen molar-refractivity contribution in [2.45, 2.75) is 33.1 Å². The second-order valence-electron chi connectivity index (χ2n) is 4.82. The number of carbonyl (C=O) groups is 1. The molecule has 3 nitrogen and oxygen atoms in total. The predicted octanol–water partition coefficient (Wildman–Crippen LogP) is 3.18. The lowest BCUT2D eigenvalue weighted by Gasteiger charge is -2.12. The van der Waals surface area contributed by atoms with Crippen LogP contribution in [0.15, 0.2) is 12.1 Å². The maximum absolute atomic E-state index is 10.9. The summed E-state index contributed by atoms with van der Waals surface area (Å²) in [6.45, 7) is 4.52. The van der Waals surface area contributed by atoms with Crippen molar-refractivity contribution >= 4 is 5.97 Å². The van der Waals surface area contributed by atoms with Crippen LogP contribution in [0.2, 0.25) is 0 Å². The Morgan fingerprint density at radius 2 is 1.94 bits per heavy atom.